The zero-order chi connectivity index (χ0) is 23.8. The van der Waals surface area contributed by atoms with Crippen LogP contribution in [0.15, 0.2) is 23.8 Å². The second kappa shape index (κ2) is 9.14. The highest BCUT2D eigenvalue weighted by atomic mass is 19.4. The molecule has 1 saturated heterocycles. The molecular formula is C23H24F5N5. The zero-order valence-corrected chi connectivity index (χ0v) is 18.2. The van der Waals surface area contributed by atoms with Crippen molar-refractivity contribution in [2.45, 2.75) is 32.4 Å². The third-order valence-corrected chi connectivity index (χ3v) is 6.04. The molecule has 1 aromatic heterocycles. The molecule has 0 unspecified atom stereocenters. The molecule has 1 aromatic carbocycles. The van der Waals surface area contributed by atoms with Crippen molar-refractivity contribution in [1.29, 1.82) is 0 Å². The number of halogens is 5. The SMILES string of the molecule is C#Cn1c(CC2CC2)nnc1/C(=C(\C)CN1CCN(c2ccc(F)cc2F)CC1)C(F)(F)F. The molecule has 0 amide bonds. The van der Waals surface area contributed by atoms with Crippen LogP contribution in [0, 0.1) is 30.0 Å². The van der Waals surface area contributed by atoms with Crippen molar-refractivity contribution < 1.29 is 22.0 Å². The summed E-state index contributed by atoms with van der Waals surface area (Å²) in [5.74, 6) is -0.898. The van der Waals surface area contributed by atoms with E-state index in [1.807, 2.05) is 4.90 Å². The highest BCUT2D eigenvalue weighted by molar-refractivity contribution is 5.69. The minimum Gasteiger partial charge on any atom is -0.367 e. The molecule has 2 aromatic rings. The number of anilines is 1. The van der Waals surface area contributed by atoms with Crippen LogP contribution in [-0.2, 0) is 6.42 Å². The summed E-state index contributed by atoms with van der Waals surface area (Å²) < 4.78 is 70.5. The summed E-state index contributed by atoms with van der Waals surface area (Å²) in [4.78, 5) is 3.62. The van der Waals surface area contributed by atoms with Crippen molar-refractivity contribution in [3.05, 3.63) is 47.1 Å². The minimum atomic E-state index is -4.65. The Morgan fingerprint density at radius 3 is 2.39 bits per heavy atom. The van der Waals surface area contributed by atoms with E-state index in [0.29, 0.717) is 44.3 Å². The molecule has 33 heavy (non-hydrogen) atoms. The average molecular weight is 465 g/mol. The molecule has 2 fully saturated rings. The van der Waals surface area contributed by atoms with Crippen LogP contribution in [0.5, 0.6) is 0 Å². The lowest BCUT2D eigenvalue weighted by Crippen LogP contribution is -2.47. The predicted octanol–water partition coefficient (Wildman–Crippen LogP) is 4.11. The van der Waals surface area contributed by atoms with Crippen LogP contribution < -0.4 is 4.90 Å². The van der Waals surface area contributed by atoms with E-state index in [4.69, 9.17) is 6.42 Å². The Morgan fingerprint density at radius 1 is 1.12 bits per heavy atom. The Bertz CT molecular complexity index is 1090. The summed E-state index contributed by atoms with van der Waals surface area (Å²) in [7, 11) is 0. The smallest absolute Gasteiger partial charge is 0.367 e. The van der Waals surface area contributed by atoms with Gasteiger partial charge in [0.05, 0.1) is 5.69 Å². The predicted molar refractivity (Wildman–Crippen MR) is 114 cm³/mol. The number of hydrogen-bond donors (Lipinski definition) is 0. The number of hydrogen-bond acceptors (Lipinski definition) is 4. The van der Waals surface area contributed by atoms with Crippen molar-refractivity contribution in [3.63, 3.8) is 0 Å². The lowest BCUT2D eigenvalue weighted by atomic mass is 10.1. The van der Waals surface area contributed by atoms with Gasteiger partial charge >= 0.3 is 6.18 Å². The maximum atomic E-state index is 14.1. The van der Waals surface area contributed by atoms with E-state index in [-0.39, 0.29) is 23.6 Å². The summed E-state index contributed by atoms with van der Waals surface area (Å²) >= 11 is 0. The van der Waals surface area contributed by atoms with Gasteiger partial charge in [0.15, 0.2) is 5.82 Å². The van der Waals surface area contributed by atoms with Crippen LogP contribution in [0.3, 0.4) is 0 Å². The number of nitrogens with zero attached hydrogens (tertiary/aromatic N) is 5. The van der Waals surface area contributed by atoms with Crippen LogP contribution in [0.1, 0.15) is 31.4 Å². The van der Waals surface area contributed by atoms with Crippen molar-refractivity contribution in [3.8, 4) is 12.5 Å². The lowest BCUT2D eigenvalue weighted by Gasteiger charge is -2.36. The first-order valence-electron chi connectivity index (χ1n) is 10.8. The molecule has 2 aliphatic rings. The Kier molecular flexibility index (Phi) is 6.43. The summed E-state index contributed by atoms with van der Waals surface area (Å²) in [5.41, 5.74) is -0.502. The largest absolute Gasteiger partial charge is 0.420 e. The Labute approximate surface area is 188 Å². The number of alkyl halides is 3. The zero-order valence-electron chi connectivity index (χ0n) is 18.2. The third-order valence-electron chi connectivity index (χ3n) is 6.04. The molecule has 0 N–H and O–H groups in total. The average Bonchev–Trinajstić information content (AvgIpc) is 3.47. The van der Waals surface area contributed by atoms with Crippen molar-refractivity contribution in [2.75, 3.05) is 37.6 Å². The van der Waals surface area contributed by atoms with Crippen LogP contribution in [0.2, 0.25) is 0 Å². The summed E-state index contributed by atoms with van der Waals surface area (Å²) in [6.45, 7) is 3.14. The maximum Gasteiger partial charge on any atom is 0.420 e. The molecule has 0 atom stereocenters. The first-order chi connectivity index (χ1) is 15.7. The molecule has 1 saturated carbocycles. The number of terminal acetylenes is 1. The van der Waals surface area contributed by atoms with Crippen LogP contribution in [0.25, 0.3) is 5.57 Å². The molecule has 10 heteroatoms. The normalized spacial score (nSPS) is 18.3. The van der Waals surface area contributed by atoms with Gasteiger partial charge in [0.2, 0.25) is 0 Å². The monoisotopic (exact) mass is 465 g/mol. The second-order valence-electron chi connectivity index (χ2n) is 8.56. The van der Waals surface area contributed by atoms with Crippen LogP contribution in [-0.4, -0.2) is 58.6 Å². The Morgan fingerprint density at radius 2 is 1.82 bits per heavy atom. The van der Waals surface area contributed by atoms with E-state index in [9.17, 15) is 22.0 Å². The summed E-state index contributed by atoms with van der Waals surface area (Å²) in [5, 5.41) is 7.75. The molecule has 2 heterocycles. The maximum absolute atomic E-state index is 14.1. The molecule has 1 aliphatic heterocycles. The topological polar surface area (TPSA) is 37.2 Å². The van der Waals surface area contributed by atoms with E-state index < -0.39 is 23.4 Å². The second-order valence-corrected chi connectivity index (χ2v) is 8.56. The number of allylic oxidation sites excluding steroid dienone is 1. The van der Waals surface area contributed by atoms with Gasteiger partial charge in [0, 0.05) is 51.3 Å². The van der Waals surface area contributed by atoms with Gasteiger partial charge in [-0.25, -0.2) is 13.3 Å². The standard InChI is InChI=1S/C23H24F5N5/c1-3-33-20(12-16-4-5-16)29-30-22(33)21(23(26,27)28)15(2)14-31-8-10-32(11-9-31)19-7-6-17(24)13-18(19)25/h1,6-7,13,16H,4-5,8-12,14H2,2H3/b21-15-. The number of piperazine rings is 1. The van der Waals surface area contributed by atoms with Gasteiger partial charge in [0.25, 0.3) is 0 Å². The van der Waals surface area contributed by atoms with Gasteiger partial charge in [-0.15, -0.1) is 10.2 Å². The quantitative estimate of drug-likeness (QED) is 0.476. The van der Waals surface area contributed by atoms with E-state index in [1.54, 1.807) is 4.90 Å². The molecular weight excluding hydrogens is 441 g/mol. The molecule has 5 nitrogen and oxygen atoms in total. The molecule has 1 aliphatic carbocycles. The summed E-state index contributed by atoms with van der Waals surface area (Å²) in [6, 6.07) is 5.68. The van der Waals surface area contributed by atoms with Gasteiger partial charge in [-0.2, -0.15) is 13.2 Å². The fraction of sp³-hybridized carbons (Fsp3) is 0.478. The van der Waals surface area contributed by atoms with E-state index in [1.165, 1.54) is 19.1 Å². The van der Waals surface area contributed by atoms with E-state index >= 15 is 0 Å². The van der Waals surface area contributed by atoms with Crippen molar-refractivity contribution in [2.24, 2.45) is 5.92 Å². The summed E-state index contributed by atoms with van der Waals surface area (Å²) in [6.07, 6.45) is 3.42. The fourth-order valence-electron chi connectivity index (χ4n) is 4.19. The van der Waals surface area contributed by atoms with E-state index in [0.717, 1.165) is 23.5 Å². The Hall–Kier alpha value is -2.93. The molecule has 176 valence electrons. The van der Waals surface area contributed by atoms with Gasteiger partial charge < -0.3 is 4.90 Å². The molecule has 0 spiro atoms. The lowest BCUT2D eigenvalue weighted by molar-refractivity contribution is -0.0702. The minimum absolute atomic E-state index is 0.0595. The van der Waals surface area contributed by atoms with Gasteiger partial charge in [-0.1, -0.05) is 6.42 Å². The number of aromatic nitrogens is 3. The fourth-order valence-corrected chi connectivity index (χ4v) is 4.19. The first kappa shape index (κ1) is 23.2. The number of rotatable bonds is 6. The third kappa shape index (κ3) is 5.19. The van der Waals surface area contributed by atoms with Crippen molar-refractivity contribution in [1.82, 2.24) is 19.7 Å². The molecule has 0 bridgehead atoms. The van der Waals surface area contributed by atoms with Gasteiger partial charge in [-0.05, 0) is 43.4 Å². The van der Waals surface area contributed by atoms with Gasteiger partial charge in [0.1, 0.15) is 23.0 Å². The van der Waals surface area contributed by atoms with Gasteiger partial charge in [-0.3, -0.25) is 4.90 Å². The van der Waals surface area contributed by atoms with E-state index in [2.05, 4.69) is 16.2 Å². The Balaban J connectivity index is 1.51. The molecule has 4 rings (SSSR count). The van der Waals surface area contributed by atoms with Crippen LogP contribution in [0.4, 0.5) is 27.6 Å². The van der Waals surface area contributed by atoms with Crippen molar-refractivity contribution >= 4 is 11.3 Å². The molecule has 0 radical (unpaired) electrons. The number of benzene rings is 1. The highest BCUT2D eigenvalue weighted by Crippen LogP contribution is 2.37. The van der Waals surface area contributed by atoms with Crippen LogP contribution >= 0.6 is 0 Å². The first-order valence-corrected chi connectivity index (χ1v) is 10.8. The highest BCUT2D eigenvalue weighted by Gasteiger charge is 2.40.